The molecule has 1 aliphatic carbocycles. The molecule has 0 radical (unpaired) electrons. The number of carbonyl (C=O) groups is 1. The molecule has 154 valence electrons. The molecule has 0 aliphatic heterocycles. The zero-order valence-corrected chi connectivity index (χ0v) is 17.4. The van der Waals surface area contributed by atoms with E-state index in [0.29, 0.717) is 6.04 Å². The third-order valence-electron chi connectivity index (χ3n) is 6.63. The molecule has 2 unspecified atom stereocenters. The Bertz CT molecular complexity index is 920. The number of hydrogen-bond donors (Lipinski definition) is 1. The summed E-state index contributed by atoms with van der Waals surface area (Å²) in [5.41, 5.74) is 8.42. The molecule has 0 saturated heterocycles. The summed E-state index contributed by atoms with van der Waals surface area (Å²) in [5.74, 6) is -0.117. The van der Waals surface area contributed by atoms with Crippen LogP contribution in [0.2, 0.25) is 0 Å². The zero-order valence-electron chi connectivity index (χ0n) is 17.4. The molecule has 4 heteroatoms. The van der Waals surface area contributed by atoms with Crippen molar-refractivity contribution >= 4 is 5.91 Å². The Morgan fingerprint density at radius 3 is 2.10 bits per heavy atom. The minimum Gasteiger partial charge on any atom is -0.369 e. The molecule has 2 N–H and O–H groups in total. The lowest BCUT2D eigenvalue weighted by atomic mass is 9.64. The highest BCUT2D eigenvalue weighted by molar-refractivity contribution is 5.91. The van der Waals surface area contributed by atoms with Crippen molar-refractivity contribution in [1.82, 2.24) is 9.88 Å². The molecule has 30 heavy (non-hydrogen) atoms. The quantitative estimate of drug-likeness (QED) is 0.649. The standard InChI is InChI=1S/C26H29N3O/c1-29(19-23-14-8-9-17-28-23)24-16-15-22(18-24)26(25(27)30,20-10-4-2-5-11-20)21-12-6-3-7-13-21/h2-14,17,22,24H,15-16,18-19H2,1H3,(H2,27,30). The average Bonchev–Trinajstić information content (AvgIpc) is 3.27. The number of primary amides is 1. The molecular formula is C26H29N3O. The number of amides is 1. The second-order valence-corrected chi connectivity index (χ2v) is 8.30. The molecular weight excluding hydrogens is 370 g/mol. The SMILES string of the molecule is CN(Cc1ccccn1)C1CCC(C(C(N)=O)(c2ccccc2)c2ccccc2)C1. The summed E-state index contributed by atoms with van der Waals surface area (Å²) in [5, 5.41) is 0. The molecule has 2 atom stereocenters. The monoisotopic (exact) mass is 399 g/mol. The van der Waals surface area contributed by atoms with Crippen molar-refractivity contribution < 1.29 is 4.79 Å². The predicted molar refractivity (Wildman–Crippen MR) is 120 cm³/mol. The van der Waals surface area contributed by atoms with Crippen molar-refractivity contribution in [3.8, 4) is 0 Å². The van der Waals surface area contributed by atoms with Gasteiger partial charge in [0.25, 0.3) is 0 Å². The van der Waals surface area contributed by atoms with Crippen LogP contribution in [0.4, 0.5) is 0 Å². The molecule has 4 nitrogen and oxygen atoms in total. The summed E-state index contributed by atoms with van der Waals surface area (Å²) in [6, 6.07) is 26.5. The van der Waals surface area contributed by atoms with Crippen LogP contribution in [0, 0.1) is 5.92 Å². The van der Waals surface area contributed by atoms with Gasteiger partial charge < -0.3 is 5.73 Å². The molecule has 1 aliphatic rings. The summed E-state index contributed by atoms with van der Waals surface area (Å²) in [4.78, 5) is 20.0. The van der Waals surface area contributed by atoms with Gasteiger partial charge in [0.2, 0.25) is 5.91 Å². The fraction of sp³-hybridized carbons (Fsp3) is 0.308. The highest BCUT2D eigenvalue weighted by atomic mass is 16.1. The summed E-state index contributed by atoms with van der Waals surface area (Å²) < 4.78 is 0. The first-order valence-electron chi connectivity index (χ1n) is 10.6. The molecule has 2 aromatic carbocycles. The number of aromatic nitrogens is 1. The normalized spacial score (nSPS) is 19.1. The van der Waals surface area contributed by atoms with Gasteiger partial charge in [-0.25, -0.2) is 0 Å². The molecule has 3 aromatic rings. The molecule has 0 bridgehead atoms. The second kappa shape index (κ2) is 8.80. The largest absolute Gasteiger partial charge is 0.369 e. The lowest BCUT2D eigenvalue weighted by molar-refractivity contribution is -0.123. The fourth-order valence-electron chi connectivity index (χ4n) is 5.15. The van der Waals surface area contributed by atoms with Gasteiger partial charge in [-0.2, -0.15) is 0 Å². The van der Waals surface area contributed by atoms with Crippen molar-refractivity contribution in [2.45, 2.75) is 37.3 Å². The van der Waals surface area contributed by atoms with Crippen molar-refractivity contribution in [2.24, 2.45) is 11.7 Å². The molecule has 1 amide bonds. The van der Waals surface area contributed by atoms with E-state index in [1.54, 1.807) is 0 Å². The van der Waals surface area contributed by atoms with Gasteiger partial charge >= 0.3 is 0 Å². The van der Waals surface area contributed by atoms with E-state index < -0.39 is 5.41 Å². The predicted octanol–water partition coefficient (Wildman–Crippen LogP) is 4.15. The van der Waals surface area contributed by atoms with Crippen LogP contribution in [-0.4, -0.2) is 28.9 Å². The maximum Gasteiger partial charge on any atom is 0.232 e. The van der Waals surface area contributed by atoms with E-state index in [-0.39, 0.29) is 11.8 Å². The van der Waals surface area contributed by atoms with E-state index in [2.05, 4.69) is 23.0 Å². The third kappa shape index (κ3) is 3.75. The van der Waals surface area contributed by atoms with Crippen molar-refractivity contribution in [1.29, 1.82) is 0 Å². The number of benzene rings is 2. The minimum absolute atomic E-state index is 0.149. The first-order chi connectivity index (χ1) is 14.6. The van der Waals surface area contributed by atoms with Crippen LogP contribution >= 0.6 is 0 Å². The average molecular weight is 400 g/mol. The van der Waals surface area contributed by atoms with Gasteiger partial charge in [0.05, 0.1) is 5.69 Å². The van der Waals surface area contributed by atoms with Gasteiger partial charge in [-0.05, 0) is 55.5 Å². The Kier molecular flexibility index (Phi) is 5.96. The number of nitrogens with zero attached hydrogens (tertiary/aromatic N) is 2. The van der Waals surface area contributed by atoms with Crippen molar-refractivity contribution in [3.63, 3.8) is 0 Å². The highest BCUT2D eigenvalue weighted by Crippen LogP contribution is 2.47. The molecule has 1 heterocycles. The van der Waals surface area contributed by atoms with E-state index in [1.807, 2.05) is 79.0 Å². The topological polar surface area (TPSA) is 59.2 Å². The van der Waals surface area contributed by atoms with Crippen LogP contribution in [0.15, 0.2) is 85.1 Å². The third-order valence-corrected chi connectivity index (χ3v) is 6.63. The van der Waals surface area contributed by atoms with Crippen LogP contribution in [0.5, 0.6) is 0 Å². The van der Waals surface area contributed by atoms with Crippen molar-refractivity contribution in [3.05, 3.63) is 102 Å². The first-order valence-corrected chi connectivity index (χ1v) is 10.6. The van der Waals surface area contributed by atoms with E-state index >= 15 is 0 Å². The van der Waals surface area contributed by atoms with Gasteiger partial charge in [0, 0.05) is 18.8 Å². The lowest BCUT2D eigenvalue weighted by Gasteiger charge is -2.38. The maximum absolute atomic E-state index is 13.2. The minimum atomic E-state index is -0.816. The van der Waals surface area contributed by atoms with Crippen molar-refractivity contribution in [2.75, 3.05) is 7.05 Å². The Labute approximate surface area is 178 Å². The summed E-state index contributed by atoms with van der Waals surface area (Å²) in [6.07, 6.45) is 4.77. The summed E-state index contributed by atoms with van der Waals surface area (Å²) in [7, 11) is 2.15. The zero-order chi connectivity index (χ0) is 21.0. The van der Waals surface area contributed by atoms with E-state index in [4.69, 9.17) is 5.73 Å². The van der Waals surface area contributed by atoms with E-state index in [9.17, 15) is 4.79 Å². The van der Waals surface area contributed by atoms with Gasteiger partial charge in [-0.1, -0.05) is 66.7 Å². The summed E-state index contributed by atoms with van der Waals surface area (Å²) >= 11 is 0. The molecule has 1 saturated carbocycles. The lowest BCUT2D eigenvalue weighted by Crippen LogP contribution is -2.48. The Hall–Kier alpha value is -2.98. The number of nitrogens with two attached hydrogens (primary N) is 1. The van der Waals surface area contributed by atoms with Gasteiger partial charge in [0.1, 0.15) is 5.41 Å². The second-order valence-electron chi connectivity index (χ2n) is 8.30. The van der Waals surface area contributed by atoms with E-state index in [0.717, 1.165) is 42.6 Å². The first kappa shape index (κ1) is 20.3. The maximum atomic E-state index is 13.2. The highest BCUT2D eigenvalue weighted by Gasteiger charge is 2.50. The van der Waals surface area contributed by atoms with Crippen LogP contribution in [-0.2, 0) is 16.8 Å². The fourth-order valence-corrected chi connectivity index (χ4v) is 5.15. The smallest absolute Gasteiger partial charge is 0.232 e. The molecule has 1 aromatic heterocycles. The number of rotatable bonds is 7. The molecule has 1 fully saturated rings. The van der Waals surface area contributed by atoms with Crippen LogP contribution in [0.25, 0.3) is 0 Å². The van der Waals surface area contributed by atoms with Crippen LogP contribution < -0.4 is 5.73 Å². The molecule has 0 spiro atoms. The number of carbonyl (C=O) groups excluding carboxylic acids is 1. The number of hydrogen-bond acceptors (Lipinski definition) is 3. The Balaban J connectivity index is 1.66. The van der Waals surface area contributed by atoms with Crippen LogP contribution in [0.3, 0.4) is 0 Å². The Morgan fingerprint density at radius 1 is 0.967 bits per heavy atom. The summed E-state index contributed by atoms with van der Waals surface area (Å²) in [6.45, 7) is 0.804. The van der Waals surface area contributed by atoms with Gasteiger partial charge in [-0.15, -0.1) is 0 Å². The van der Waals surface area contributed by atoms with E-state index in [1.165, 1.54) is 0 Å². The number of pyridine rings is 1. The molecule has 4 rings (SSSR count). The van der Waals surface area contributed by atoms with Gasteiger partial charge in [-0.3, -0.25) is 14.7 Å². The Morgan fingerprint density at radius 2 is 1.57 bits per heavy atom. The van der Waals surface area contributed by atoms with Crippen LogP contribution in [0.1, 0.15) is 36.1 Å². The van der Waals surface area contributed by atoms with Gasteiger partial charge in [0.15, 0.2) is 0 Å².